The molecule has 0 unspecified atom stereocenters. The number of fused-ring (bicyclic) bond motifs is 1. The number of anilines is 1. The number of rotatable bonds is 4. The van der Waals surface area contributed by atoms with Crippen molar-refractivity contribution >= 4 is 34.0 Å². The van der Waals surface area contributed by atoms with Gasteiger partial charge in [-0.15, -0.1) is 11.3 Å². The molecule has 4 aromatic rings. The average molecular weight is 362 g/mol. The Balaban J connectivity index is 1.69. The number of para-hydroxylation sites is 2. The summed E-state index contributed by atoms with van der Waals surface area (Å²) in [6, 6.07) is 13.7. The Labute approximate surface area is 155 Å². The lowest BCUT2D eigenvalue weighted by atomic mass is 10.1. The van der Waals surface area contributed by atoms with E-state index in [1.807, 2.05) is 66.3 Å². The van der Waals surface area contributed by atoms with Crippen molar-refractivity contribution in [2.75, 3.05) is 5.32 Å². The van der Waals surface area contributed by atoms with Gasteiger partial charge in [0, 0.05) is 11.1 Å². The van der Waals surface area contributed by atoms with Gasteiger partial charge in [-0.1, -0.05) is 24.3 Å². The highest BCUT2D eigenvalue weighted by Crippen LogP contribution is 2.25. The van der Waals surface area contributed by atoms with Gasteiger partial charge in [-0.2, -0.15) is 0 Å². The molecule has 5 nitrogen and oxygen atoms in total. The van der Waals surface area contributed by atoms with E-state index in [9.17, 15) is 4.79 Å². The summed E-state index contributed by atoms with van der Waals surface area (Å²) in [5.41, 5.74) is 7.41. The molecule has 0 radical (unpaired) electrons. The highest BCUT2D eigenvalue weighted by Gasteiger charge is 2.16. The summed E-state index contributed by atoms with van der Waals surface area (Å²) >= 11 is 1.51. The van der Waals surface area contributed by atoms with Crippen molar-refractivity contribution < 1.29 is 4.79 Å². The van der Waals surface area contributed by atoms with Gasteiger partial charge in [0.1, 0.15) is 12.2 Å². The molecule has 0 aliphatic rings. The maximum atomic E-state index is 12.7. The van der Waals surface area contributed by atoms with Gasteiger partial charge in [0.15, 0.2) is 5.82 Å². The molecule has 26 heavy (non-hydrogen) atoms. The standard InChI is InChI=1S/C20H18N4OS/c1-13-6-5-8-15(14(13)2)22-19(25)10-24-18-9-4-3-7-16(18)23-20(24)17-11-26-12-21-17/h3-9,11-12H,10H2,1-2H3,(H,22,25). The van der Waals surface area contributed by atoms with E-state index in [0.29, 0.717) is 5.82 Å². The van der Waals surface area contributed by atoms with Crippen LogP contribution in [-0.4, -0.2) is 20.4 Å². The second kappa shape index (κ2) is 6.72. The molecule has 0 aliphatic heterocycles. The normalized spacial score (nSPS) is 11.0. The van der Waals surface area contributed by atoms with Crippen LogP contribution in [0.3, 0.4) is 0 Å². The van der Waals surface area contributed by atoms with E-state index in [-0.39, 0.29) is 12.5 Å². The molecule has 2 aromatic heterocycles. The summed E-state index contributed by atoms with van der Waals surface area (Å²) in [6.45, 7) is 4.23. The quantitative estimate of drug-likeness (QED) is 0.585. The van der Waals surface area contributed by atoms with Gasteiger partial charge in [-0.05, 0) is 43.2 Å². The molecule has 0 fully saturated rings. The van der Waals surface area contributed by atoms with Gasteiger partial charge in [-0.25, -0.2) is 9.97 Å². The number of nitrogens with one attached hydrogen (secondary N) is 1. The molecule has 6 heteroatoms. The molecule has 0 spiro atoms. The summed E-state index contributed by atoms with van der Waals surface area (Å²) in [4.78, 5) is 21.8. The number of thiazole rings is 1. The van der Waals surface area contributed by atoms with Gasteiger partial charge < -0.3 is 9.88 Å². The number of carbonyl (C=O) groups is 1. The van der Waals surface area contributed by atoms with Crippen LogP contribution >= 0.6 is 11.3 Å². The number of aromatic nitrogens is 3. The molecule has 0 bridgehead atoms. The second-order valence-electron chi connectivity index (χ2n) is 6.18. The van der Waals surface area contributed by atoms with Crippen LogP contribution in [0.5, 0.6) is 0 Å². The van der Waals surface area contributed by atoms with E-state index in [1.54, 1.807) is 5.51 Å². The first-order valence-electron chi connectivity index (χ1n) is 8.33. The van der Waals surface area contributed by atoms with Crippen LogP contribution in [-0.2, 0) is 11.3 Å². The average Bonchev–Trinajstić information content (AvgIpc) is 3.27. The van der Waals surface area contributed by atoms with Crippen molar-refractivity contribution in [2.24, 2.45) is 0 Å². The highest BCUT2D eigenvalue weighted by atomic mass is 32.1. The number of carbonyl (C=O) groups excluding carboxylic acids is 1. The zero-order chi connectivity index (χ0) is 18.1. The summed E-state index contributed by atoms with van der Waals surface area (Å²) in [6.07, 6.45) is 0. The Morgan fingerprint density at radius 3 is 2.81 bits per heavy atom. The maximum Gasteiger partial charge on any atom is 0.244 e. The molecule has 0 atom stereocenters. The molecule has 0 saturated carbocycles. The lowest BCUT2D eigenvalue weighted by Crippen LogP contribution is -2.20. The van der Waals surface area contributed by atoms with Crippen LogP contribution in [0.25, 0.3) is 22.6 Å². The van der Waals surface area contributed by atoms with Crippen molar-refractivity contribution in [2.45, 2.75) is 20.4 Å². The largest absolute Gasteiger partial charge is 0.324 e. The molecule has 2 heterocycles. The Morgan fingerprint density at radius 1 is 1.15 bits per heavy atom. The van der Waals surface area contributed by atoms with E-state index >= 15 is 0 Å². The minimum absolute atomic E-state index is 0.0849. The molecule has 4 rings (SSSR count). The molecule has 1 amide bonds. The monoisotopic (exact) mass is 362 g/mol. The molecule has 2 aromatic carbocycles. The van der Waals surface area contributed by atoms with Crippen LogP contribution in [0.2, 0.25) is 0 Å². The van der Waals surface area contributed by atoms with Crippen LogP contribution < -0.4 is 5.32 Å². The SMILES string of the molecule is Cc1cccc(NC(=O)Cn2c(-c3cscn3)nc3ccccc32)c1C. The van der Waals surface area contributed by atoms with E-state index in [4.69, 9.17) is 0 Å². The minimum atomic E-state index is -0.0849. The van der Waals surface area contributed by atoms with Gasteiger partial charge >= 0.3 is 0 Å². The summed E-state index contributed by atoms with van der Waals surface area (Å²) in [7, 11) is 0. The molecule has 1 N–H and O–H groups in total. The first-order chi connectivity index (χ1) is 12.6. The fourth-order valence-corrected chi connectivity index (χ4v) is 3.50. The Morgan fingerprint density at radius 2 is 2.00 bits per heavy atom. The van der Waals surface area contributed by atoms with E-state index in [0.717, 1.165) is 33.5 Å². The minimum Gasteiger partial charge on any atom is -0.324 e. The van der Waals surface area contributed by atoms with Crippen LogP contribution in [0, 0.1) is 13.8 Å². The van der Waals surface area contributed by atoms with Crippen molar-refractivity contribution in [1.29, 1.82) is 0 Å². The van der Waals surface area contributed by atoms with Gasteiger partial charge in [0.25, 0.3) is 0 Å². The third kappa shape index (κ3) is 2.99. The fourth-order valence-electron chi connectivity index (χ4n) is 2.97. The first kappa shape index (κ1) is 16.5. The van der Waals surface area contributed by atoms with Crippen LogP contribution in [0.4, 0.5) is 5.69 Å². The smallest absolute Gasteiger partial charge is 0.244 e. The Hall–Kier alpha value is -2.99. The van der Waals surface area contributed by atoms with Gasteiger partial charge in [0.05, 0.1) is 16.5 Å². The zero-order valence-electron chi connectivity index (χ0n) is 14.6. The predicted molar refractivity (Wildman–Crippen MR) is 105 cm³/mol. The fraction of sp³-hybridized carbons (Fsp3) is 0.150. The van der Waals surface area contributed by atoms with Crippen molar-refractivity contribution in [1.82, 2.24) is 14.5 Å². The Kier molecular flexibility index (Phi) is 4.26. The summed E-state index contributed by atoms with van der Waals surface area (Å²) in [5.74, 6) is 0.627. The topological polar surface area (TPSA) is 59.8 Å². The number of benzene rings is 2. The number of hydrogen-bond donors (Lipinski definition) is 1. The van der Waals surface area contributed by atoms with E-state index in [2.05, 4.69) is 15.3 Å². The lowest BCUT2D eigenvalue weighted by Gasteiger charge is -2.12. The van der Waals surface area contributed by atoms with Crippen molar-refractivity contribution in [3.05, 3.63) is 64.5 Å². The van der Waals surface area contributed by atoms with Crippen LogP contribution in [0.15, 0.2) is 53.4 Å². The maximum absolute atomic E-state index is 12.7. The number of imidazole rings is 1. The molecular weight excluding hydrogens is 344 g/mol. The third-order valence-corrected chi connectivity index (χ3v) is 5.08. The molecular formula is C20H18N4OS. The number of nitrogens with zero attached hydrogens (tertiary/aromatic N) is 3. The van der Waals surface area contributed by atoms with Crippen molar-refractivity contribution in [3.8, 4) is 11.5 Å². The lowest BCUT2D eigenvalue weighted by molar-refractivity contribution is -0.116. The molecule has 0 saturated heterocycles. The Bertz CT molecular complexity index is 1080. The van der Waals surface area contributed by atoms with Crippen molar-refractivity contribution in [3.63, 3.8) is 0 Å². The van der Waals surface area contributed by atoms with E-state index in [1.165, 1.54) is 11.3 Å². The van der Waals surface area contributed by atoms with Gasteiger partial charge in [-0.3, -0.25) is 4.79 Å². The highest BCUT2D eigenvalue weighted by molar-refractivity contribution is 7.07. The summed E-state index contributed by atoms with van der Waals surface area (Å²) < 4.78 is 1.92. The number of hydrogen-bond acceptors (Lipinski definition) is 4. The third-order valence-electron chi connectivity index (χ3n) is 4.50. The zero-order valence-corrected chi connectivity index (χ0v) is 15.4. The number of aryl methyl sites for hydroxylation is 1. The predicted octanol–water partition coefficient (Wildman–Crippen LogP) is 4.42. The second-order valence-corrected chi connectivity index (χ2v) is 6.90. The van der Waals surface area contributed by atoms with Gasteiger partial charge in [0.2, 0.25) is 5.91 Å². The van der Waals surface area contributed by atoms with E-state index < -0.39 is 0 Å². The molecule has 0 aliphatic carbocycles. The summed E-state index contributed by atoms with van der Waals surface area (Å²) in [5, 5.41) is 4.97. The molecule has 130 valence electrons. The number of amides is 1. The first-order valence-corrected chi connectivity index (χ1v) is 9.27. The van der Waals surface area contributed by atoms with Crippen LogP contribution in [0.1, 0.15) is 11.1 Å².